The number of oxazole rings is 1. The number of amides is 1. The van der Waals surface area contributed by atoms with E-state index in [2.05, 4.69) is 10.3 Å². The van der Waals surface area contributed by atoms with Gasteiger partial charge in [-0.1, -0.05) is 41.9 Å². The third-order valence-corrected chi connectivity index (χ3v) is 4.45. The average molecular weight is 401 g/mol. The summed E-state index contributed by atoms with van der Waals surface area (Å²) in [4.78, 5) is 16.6. The van der Waals surface area contributed by atoms with E-state index in [1.807, 2.05) is 30.3 Å². The molecule has 0 saturated heterocycles. The molecular weight excluding hydrogens is 380 g/mol. The molecule has 0 radical (unpaired) electrons. The molecule has 1 heterocycles. The second kappa shape index (κ2) is 9.28. The van der Waals surface area contributed by atoms with Crippen LogP contribution < -0.4 is 14.8 Å². The second-order valence-corrected chi connectivity index (χ2v) is 6.48. The van der Waals surface area contributed by atoms with E-state index in [-0.39, 0.29) is 5.91 Å². The highest BCUT2D eigenvalue weighted by Crippen LogP contribution is 2.36. The van der Waals surface area contributed by atoms with Gasteiger partial charge in [-0.15, -0.1) is 0 Å². The fourth-order valence-corrected chi connectivity index (χ4v) is 2.97. The Kier molecular flexibility index (Phi) is 6.55. The fraction of sp³-hybridized carbons (Fsp3) is 0.238. The zero-order chi connectivity index (χ0) is 19.9. The molecule has 3 rings (SSSR count). The van der Waals surface area contributed by atoms with Crippen molar-refractivity contribution in [2.24, 2.45) is 0 Å². The zero-order valence-corrected chi connectivity index (χ0v) is 16.5. The number of nitrogens with one attached hydrogen (secondary N) is 1. The Labute approximate surface area is 168 Å². The summed E-state index contributed by atoms with van der Waals surface area (Å²) in [6.45, 7) is 0. The molecule has 1 aromatic heterocycles. The molecule has 0 saturated carbocycles. The monoisotopic (exact) mass is 400 g/mol. The molecule has 0 atom stereocenters. The van der Waals surface area contributed by atoms with Crippen molar-refractivity contribution in [2.75, 3.05) is 19.5 Å². The van der Waals surface area contributed by atoms with Gasteiger partial charge in [-0.2, -0.15) is 0 Å². The zero-order valence-electron chi connectivity index (χ0n) is 15.7. The molecule has 7 heteroatoms. The molecule has 3 aromatic rings. The van der Waals surface area contributed by atoms with Crippen molar-refractivity contribution in [3.63, 3.8) is 0 Å². The van der Waals surface area contributed by atoms with Gasteiger partial charge in [0.25, 0.3) is 0 Å². The van der Waals surface area contributed by atoms with Crippen LogP contribution in [0.2, 0.25) is 5.02 Å². The maximum atomic E-state index is 12.3. The third kappa shape index (κ3) is 4.84. The molecule has 0 aliphatic heterocycles. The molecule has 146 valence electrons. The Morgan fingerprint density at radius 3 is 2.61 bits per heavy atom. The Balaban J connectivity index is 1.54. The number of ether oxygens (including phenoxy) is 2. The van der Waals surface area contributed by atoms with Crippen LogP contribution in [0.25, 0.3) is 11.3 Å². The lowest BCUT2D eigenvalue weighted by Gasteiger charge is -2.13. The average Bonchev–Trinajstić information content (AvgIpc) is 3.18. The van der Waals surface area contributed by atoms with Crippen LogP contribution in [0.3, 0.4) is 0 Å². The fourth-order valence-electron chi connectivity index (χ4n) is 2.73. The summed E-state index contributed by atoms with van der Waals surface area (Å²) in [5.74, 6) is 2.15. The topological polar surface area (TPSA) is 73.6 Å². The standard InChI is InChI=1S/C21H21ClN2O4/c1-26-17-12-18(27-2)16(11-15(17)22)24-20(25)9-6-10-21-23-13-19(28-21)14-7-4-3-5-8-14/h3-5,7-8,11-13H,6,9-10H2,1-2H3,(H,24,25). The third-order valence-electron chi connectivity index (χ3n) is 4.15. The molecule has 0 aliphatic rings. The predicted octanol–water partition coefficient (Wildman–Crippen LogP) is 4.97. The molecule has 0 unspecified atom stereocenters. The number of anilines is 1. The van der Waals surface area contributed by atoms with Gasteiger partial charge in [0.05, 0.1) is 31.1 Å². The Hall–Kier alpha value is -2.99. The number of hydrogen-bond donors (Lipinski definition) is 1. The normalized spacial score (nSPS) is 10.5. The van der Waals surface area contributed by atoms with E-state index >= 15 is 0 Å². The number of rotatable bonds is 8. The van der Waals surface area contributed by atoms with Crippen molar-refractivity contribution in [2.45, 2.75) is 19.3 Å². The minimum Gasteiger partial charge on any atom is -0.495 e. The molecular formula is C21H21ClN2O4. The van der Waals surface area contributed by atoms with Crippen molar-refractivity contribution in [3.8, 4) is 22.8 Å². The summed E-state index contributed by atoms with van der Waals surface area (Å²) in [5, 5.41) is 3.21. The number of aromatic nitrogens is 1. The van der Waals surface area contributed by atoms with Crippen LogP contribution in [0.15, 0.2) is 53.1 Å². The lowest BCUT2D eigenvalue weighted by Crippen LogP contribution is -2.12. The van der Waals surface area contributed by atoms with Crippen LogP contribution in [-0.4, -0.2) is 25.1 Å². The number of methoxy groups -OCH3 is 2. The predicted molar refractivity (Wildman–Crippen MR) is 108 cm³/mol. The van der Waals surface area contributed by atoms with E-state index in [1.165, 1.54) is 14.2 Å². The van der Waals surface area contributed by atoms with Gasteiger partial charge in [-0.25, -0.2) is 4.98 Å². The van der Waals surface area contributed by atoms with Crippen LogP contribution in [-0.2, 0) is 11.2 Å². The number of nitrogens with zero attached hydrogens (tertiary/aromatic N) is 1. The summed E-state index contributed by atoms with van der Waals surface area (Å²) in [5.41, 5.74) is 1.48. The van der Waals surface area contributed by atoms with Crippen molar-refractivity contribution in [1.82, 2.24) is 4.98 Å². The van der Waals surface area contributed by atoms with E-state index in [0.717, 1.165) is 11.3 Å². The number of carbonyl (C=O) groups excluding carboxylic acids is 1. The molecule has 0 fully saturated rings. The summed E-state index contributed by atoms with van der Waals surface area (Å²) in [7, 11) is 3.04. The van der Waals surface area contributed by atoms with Gasteiger partial charge in [0.2, 0.25) is 5.91 Å². The number of benzene rings is 2. The molecule has 6 nitrogen and oxygen atoms in total. The van der Waals surface area contributed by atoms with Crippen LogP contribution in [0.5, 0.6) is 11.5 Å². The number of halogens is 1. The highest BCUT2D eigenvalue weighted by molar-refractivity contribution is 6.32. The molecule has 0 bridgehead atoms. The van der Waals surface area contributed by atoms with Crippen molar-refractivity contribution < 1.29 is 18.7 Å². The van der Waals surface area contributed by atoms with Gasteiger partial charge in [0, 0.05) is 24.5 Å². The smallest absolute Gasteiger partial charge is 0.224 e. The minimum absolute atomic E-state index is 0.144. The molecule has 0 spiro atoms. The molecule has 1 N–H and O–H groups in total. The van der Waals surface area contributed by atoms with Crippen LogP contribution in [0.1, 0.15) is 18.7 Å². The molecule has 2 aromatic carbocycles. The molecule has 1 amide bonds. The minimum atomic E-state index is -0.144. The van der Waals surface area contributed by atoms with Crippen LogP contribution >= 0.6 is 11.6 Å². The lowest BCUT2D eigenvalue weighted by atomic mass is 10.2. The Bertz CT molecular complexity index is 941. The quantitative estimate of drug-likeness (QED) is 0.577. The first-order valence-corrected chi connectivity index (χ1v) is 9.20. The first kappa shape index (κ1) is 19.8. The van der Waals surface area contributed by atoms with Gasteiger partial charge < -0.3 is 19.2 Å². The van der Waals surface area contributed by atoms with Crippen molar-refractivity contribution in [1.29, 1.82) is 0 Å². The summed E-state index contributed by atoms with van der Waals surface area (Å²) >= 11 is 6.13. The SMILES string of the molecule is COc1cc(OC)c(NC(=O)CCCc2ncc(-c3ccccc3)o2)cc1Cl. The highest BCUT2D eigenvalue weighted by Gasteiger charge is 2.13. The summed E-state index contributed by atoms with van der Waals surface area (Å²) in [6, 6.07) is 13.0. The molecule has 0 aliphatic carbocycles. The highest BCUT2D eigenvalue weighted by atomic mass is 35.5. The van der Waals surface area contributed by atoms with E-state index in [0.29, 0.717) is 47.4 Å². The first-order chi connectivity index (χ1) is 13.6. The number of aryl methyl sites for hydroxylation is 1. The summed E-state index contributed by atoms with van der Waals surface area (Å²) < 4.78 is 16.2. The maximum absolute atomic E-state index is 12.3. The van der Waals surface area contributed by atoms with Gasteiger partial charge in [0.15, 0.2) is 11.7 Å². The van der Waals surface area contributed by atoms with Gasteiger partial charge >= 0.3 is 0 Å². The van der Waals surface area contributed by atoms with Crippen molar-refractivity contribution >= 4 is 23.2 Å². The van der Waals surface area contributed by atoms with E-state index in [9.17, 15) is 4.79 Å². The largest absolute Gasteiger partial charge is 0.495 e. The first-order valence-electron chi connectivity index (χ1n) is 8.82. The van der Waals surface area contributed by atoms with E-state index in [1.54, 1.807) is 18.3 Å². The van der Waals surface area contributed by atoms with Gasteiger partial charge in [-0.3, -0.25) is 4.79 Å². The number of carbonyl (C=O) groups is 1. The number of hydrogen-bond acceptors (Lipinski definition) is 5. The Morgan fingerprint density at radius 2 is 1.89 bits per heavy atom. The van der Waals surface area contributed by atoms with E-state index < -0.39 is 0 Å². The molecule has 28 heavy (non-hydrogen) atoms. The summed E-state index contributed by atoms with van der Waals surface area (Å²) in [6.07, 6.45) is 3.19. The van der Waals surface area contributed by atoms with Crippen molar-refractivity contribution in [3.05, 3.63) is 59.6 Å². The second-order valence-electron chi connectivity index (χ2n) is 6.07. The van der Waals surface area contributed by atoms with E-state index in [4.69, 9.17) is 25.5 Å². The van der Waals surface area contributed by atoms with Gasteiger partial charge in [-0.05, 0) is 12.5 Å². The lowest BCUT2D eigenvalue weighted by molar-refractivity contribution is -0.116. The van der Waals surface area contributed by atoms with Crippen LogP contribution in [0, 0.1) is 0 Å². The van der Waals surface area contributed by atoms with Crippen LogP contribution in [0.4, 0.5) is 5.69 Å². The Morgan fingerprint density at radius 1 is 1.14 bits per heavy atom. The van der Waals surface area contributed by atoms with Gasteiger partial charge in [0.1, 0.15) is 11.5 Å². The maximum Gasteiger partial charge on any atom is 0.224 e.